The Hall–Kier alpha value is -12.6. The van der Waals surface area contributed by atoms with Gasteiger partial charge in [0.1, 0.15) is 11.6 Å². The van der Waals surface area contributed by atoms with Crippen molar-refractivity contribution in [2.75, 3.05) is 4.90 Å². The van der Waals surface area contributed by atoms with Gasteiger partial charge in [-0.1, -0.05) is 84.9 Å². The molecule has 0 saturated carbocycles. The van der Waals surface area contributed by atoms with Gasteiger partial charge in [0.25, 0.3) is 0 Å². The maximum atomic E-state index is 5.38. The molecule has 0 unspecified atom stereocenters. The third-order valence-electron chi connectivity index (χ3n) is 19.7. The summed E-state index contributed by atoms with van der Waals surface area (Å²) in [5.74, 6) is 2.70. The average Bonchev–Trinajstić information content (AvgIpc) is 1.61. The number of para-hydroxylation sites is 8. The van der Waals surface area contributed by atoms with Crippen molar-refractivity contribution < 1.29 is 0 Å². The fraction of sp³-hybridized carbons (Fsp3) is 0. The quantitative estimate of drug-likeness (QED) is 0.0959. The molecule has 0 aliphatic carbocycles. The number of aliphatic imine (C=N–C) groups is 1. The molecule has 19 aromatic rings. The number of halogens is 2. The third-order valence-corrected chi connectivity index (χ3v) is 31.5. The van der Waals surface area contributed by atoms with Crippen molar-refractivity contribution in [3.05, 3.63) is 406 Å². The van der Waals surface area contributed by atoms with Gasteiger partial charge in [0, 0.05) is 11.1 Å². The van der Waals surface area contributed by atoms with Crippen LogP contribution < -0.4 is 4.90 Å². The predicted octanol–water partition coefficient (Wildman–Crippen LogP) is 24.3. The maximum absolute atomic E-state index is 5.38. The molecule has 0 atom stereocenters. The van der Waals surface area contributed by atoms with Gasteiger partial charge in [-0.15, -0.1) is 0 Å². The molecule has 9 nitrogen and oxygen atoms in total. The summed E-state index contributed by atoms with van der Waals surface area (Å²) < 4.78 is 17.4. The summed E-state index contributed by atoms with van der Waals surface area (Å²) in [5.41, 5.74) is 21.0. The van der Waals surface area contributed by atoms with Gasteiger partial charge in [0.15, 0.2) is 0 Å². The van der Waals surface area contributed by atoms with Crippen LogP contribution in [0.1, 0.15) is 5.56 Å². The van der Waals surface area contributed by atoms with Crippen molar-refractivity contribution in [3.63, 3.8) is 0 Å². The normalized spacial score (nSPS) is 12.6. The van der Waals surface area contributed by atoms with Gasteiger partial charge in [-0.3, -0.25) is 0 Å². The van der Waals surface area contributed by atoms with E-state index >= 15 is 0 Å². The molecule has 0 N–H and O–H groups in total. The number of nitrogens with zero attached hydrogens (tertiary/aromatic N) is 9. The number of hydrogen-bond donors (Lipinski definition) is 0. The van der Waals surface area contributed by atoms with Gasteiger partial charge in [-0.25, -0.2) is 9.97 Å². The predicted molar refractivity (Wildman–Crippen MR) is 449 cm³/mol. The van der Waals surface area contributed by atoms with Crippen LogP contribution in [0.15, 0.2) is 387 Å². The Labute approximate surface area is 621 Å². The summed E-state index contributed by atoms with van der Waals surface area (Å²) in [6.45, 7) is 0. The van der Waals surface area contributed by atoms with Crippen molar-refractivity contribution in [2.24, 2.45) is 4.99 Å². The molecular weight excluding hydrogens is 1510 g/mol. The van der Waals surface area contributed by atoms with Gasteiger partial charge >= 0.3 is 463 Å². The molecular formula is C94H63I2N9. The standard InChI is InChI=1S/C94H63I2N9/c1-6-24-64(25-7-1)91-96(81-34-16-17-35-82(81)97-91)70-44-42-68(43-45-70)95(69-46-49-75(50-47-69)103-88-39-21-18-36-83(88)98-92(103)65-26-8-2-9-27-65)71-48-60-86-79(62-71)80-63-78(59-61-87(80)102(86)72-32-14-5-15-33-72)101(73-51-55-76(56-52-73)104-89-40-22-19-37-84(89)99-93(104)66-28-10-3-11-29-66)74-53-57-77(58-54-74)105-90-41-23-20-38-85(90)100-94(105)67-30-12-4-13-31-67/h1-63H. The van der Waals surface area contributed by atoms with Gasteiger partial charge < -0.3 is 0 Å². The molecule has 0 spiro atoms. The minimum atomic E-state index is -2.59. The van der Waals surface area contributed by atoms with Crippen LogP contribution in [0.3, 0.4) is 0 Å². The summed E-state index contributed by atoms with van der Waals surface area (Å²) in [5, 5.41) is 2.34. The Balaban J connectivity index is 0.763. The molecule has 1 aliphatic heterocycles. The summed E-state index contributed by atoms with van der Waals surface area (Å²) in [7, 11) is 0. The molecule has 498 valence electrons. The number of benzene rings is 15. The van der Waals surface area contributed by atoms with Gasteiger partial charge in [0.05, 0.1) is 22.1 Å². The first-order valence-corrected chi connectivity index (χ1v) is 41.6. The molecule has 15 aromatic carbocycles. The number of anilines is 3. The van der Waals surface area contributed by atoms with E-state index in [-0.39, 0.29) is 0 Å². The Bertz CT molecular complexity index is 6330. The van der Waals surface area contributed by atoms with Crippen LogP contribution in [0.2, 0.25) is 0 Å². The topological polar surface area (TPSA) is 74.0 Å². The SMILES string of the molecule is c1ccc(C2=Nc3ccccc3I2c2ccc(I(c3ccc(-n4c(-c5ccccc5)nc5ccccc54)cc3)c3ccc4c(c3)c3cc(N(c5ccc(-n6c(-c7ccccc7)nc7ccccc76)cc5)c5ccc(-n6c(-c7ccccc7)nc7ccccc76)cc5)ccc3n4-c3ccccc3)cc2)cc1. The second-order valence-corrected chi connectivity index (χ2v) is 36.4. The Morgan fingerprint density at radius 3 is 1.11 bits per heavy atom. The summed E-state index contributed by atoms with van der Waals surface area (Å²) in [6, 6.07) is 139. The van der Waals surface area contributed by atoms with Gasteiger partial charge in [-0.05, 0) is 24.3 Å². The van der Waals surface area contributed by atoms with Crippen molar-refractivity contribution in [1.29, 1.82) is 0 Å². The zero-order valence-electron chi connectivity index (χ0n) is 56.7. The second-order valence-electron chi connectivity index (χ2n) is 26.0. The molecule has 0 radical (unpaired) electrons. The molecule has 4 aromatic heterocycles. The first-order chi connectivity index (χ1) is 52.1. The monoisotopic (exact) mass is 1570 g/mol. The van der Waals surface area contributed by atoms with Crippen LogP contribution in [-0.4, -0.2) is 36.9 Å². The van der Waals surface area contributed by atoms with E-state index in [1.54, 1.807) is 0 Å². The zero-order valence-corrected chi connectivity index (χ0v) is 61.0. The van der Waals surface area contributed by atoms with E-state index in [0.29, 0.717) is 0 Å². The van der Waals surface area contributed by atoms with E-state index in [1.165, 1.54) is 32.5 Å². The van der Waals surface area contributed by atoms with E-state index in [0.717, 1.165) is 129 Å². The third kappa shape index (κ3) is 11.0. The Kier molecular flexibility index (Phi) is 15.6. The molecule has 20 rings (SSSR count). The molecule has 0 amide bonds. The van der Waals surface area contributed by atoms with Gasteiger partial charge in [0.2, 0.25) is 0 Å². The van der Waals surface area contributed by atoms with Crippen LogP contribution in [0, 0.1) is 17.9 Å². The summed E-state index contributed by atoms with van der Waals surface area (Å²) in [4.78, 5) is 23.5. The van der Waals surface area contributed by atoms with Crippen molar-refractivity contribution in [1.82, 2.24) is 33.2 Å². The Morgan fingerprint density at radius 2 is 0.629 bits per heavy atom. The molecule has 5 heterocycles. The first-order valence-electron chi connectivity index (χ1n) is 35.2. The van der Waals surface area contributed by atoms with E-state index < -0.39 is 39.6 Å². The summed E-state index contributed by atoms with van der Waals surface area (Å²) in [6.07, 6.45) is 0. The molecule has 11 heteroatoms. The van der Waals surface area contributed by atoms with E-state index in [4.69, 9.17) is 19.9 Å². The molecule has 1 aliphatic rings. The fourth-order valence-electron chi connectivity index (χ4n) is 14.9. The number of imidazole rings is 3. The molecule has 0 fully saturated rings. The number of fused-ring (bicyclic) bond motifs is 7. The summed E-state index contributed by atoms with van der Waals surface area (Å²) >= 11 is -4.78. The molecule has 0 bridgehead atoms. The second kappa shape index (κ2) is 26.4. The number of hydrogen-bond acceptors (Lipinski definition) is 5. The van der Waals surface area contributed by atoms with Crippen LogP contribution in [0.25, 0.3) is 112 Å². The molecule has 105 heavy (non-hydrogen) atoms. The molecule has 0 saturated heterocycles. The zero-order chi connectivity index (χ0) is 69.3. The number of rotatable bonds is 15. The fourth-order valence-corrected chi connectivity index (χ4v) is 26.2. The minimum absolute atomic E-state index is 0.892. The van der Waals surface area contributed by atoms with Crippen LogP contribution in [0.4, 0.5) is 22.7 Å². The number of aromatic nitrogens is 7. The first kappa shape index (κ1) is 62.2. The van der Waals surface area contributed by atoms with Crippen molar-refractivity contribution in [3.8, 4) is 56.9 Å². The average molecular weight is 1570 g/mol. The van der Waals surface area contributed by atoms with E-state index in [9.17, 15) is 0 Å². The van der Waals surface area contributed by atoms with E-state index in [1.807, 2.05) is 0 Å². The Morgan fingerprint density at radius 1 is 0.267 bits per heavy atom. The van der Waals surface area contributed by atoms with E-state index in [2.05, 4.69) is 405 Å². The van der Waals surface area contributed by atoms with Crippen LogP contribution in [0.5, 0.6) is 0 Å². The van der Waals surface area contributed by atoms with Crippen molar-refractivity contribution in [2.45, 2.75) is 0 Å². The van der Waals surface area contributed by atoms with Gasteiger partial charge in [-0.2, -0.15) is 0 Å². The van der Waals surface area contributed by atoms with Crippen LogP contribution >= 0.6 is 39.6 Å². The van der Waals surface area contributed by atoms with Crippen LogP contribution in [-0.2, 0) is 0 Å². The van der Waals surface area contributed by atoms with Crippen molar-refractivity contribution >= 4 is 121 Å².